The summed E-state index contributed by atoms with van der Waals surface area (Å²) in [6, 6.07) is 4.45. The number of benzene rings is 1. The lowest BCUT2D eigenvalue weighted by Gasteiger charge is -2.35. The third kappa shape index (κ3) is 6.50. The van der Waals surface area contributed by atoms with Crippen molar-refractivity contribution >= 4 is 17.5 Å². The van der Waals surface area contributed by atoms with Crippen molar-refractivity contribution in [3.05, 3.63) is 54.1 Å². The monoisotopic (exact) mass is 540 g/mol. The van der Waals surface area contributed by atoms with E-state index in [0.29, 0.717) is 5.69 Å². The van der Waals surface area contributed by atoms with Gasteiger partial charge in [-0.25, -0.2) is 8.78 Å². The number of aromatic nitrogens is 2. The molecule has 9 nitrogen and oxygen atoms in total. The van der Waals surface area contributed by atoms with Gasteiger partial charge in [0.2, 0.25) is 11.8 Å². The molecule has 2 N–H and O–H groups in total. The van der Waals surface area contributed by atoms with Crippen molar-refractivity contribution in [2.45, 2.75) is 88.4 Å². The molecule has 2 amide bonds. The van der Waals surface area contributed by atoms with Gasteiger partial charge < -0.3 is 10.4 Å². The fourth-order valence-corrected chi connectivity index (χ4v) is 5.14. The Kier molecular flexibility index (Phi) is 8.16. The van der Waals surface area contributed by atoms with E-state index in [-0.39, 0.29) is 49.8 Å². The summed E-state index contributed by atoms with van der Waals surface area (Å²) in [4.78, 5) is 38.9. The molecule has 1 saturated carbocycles. The lowest BCUT2D eigenvalue weighted by molar-refractivity contribution is -0.129. The van der Waals surface area contributed by atoms with Gasteiger partial charge in [-0.1, -0.05) is 32.9 Å². The fraction of sp³-hybridized carbons (Fsp3) is 0.536. The fourth-order valence-electron chi connectivity index (χ4n) is 5.14. The van der Waals surface area contributed by atoms with Crippen molar-refractivity contribution in [2.24, 2.45) is 0 Å². The van der Waals surface area contributed by atoms with Crippen molar-refractivity contribution in [1.82, 2.24) is 20.2 Å². The van der Waals surface area contributed by atoms with Gasteiger partial charge in [0.25, 0.3) is 5.91 Å². The molecule has 3 atom stereocenters. The molecule has 208 valence electrons. The summed E-state index contributed by atoms with van der Waals surface area (Å²) in [5.41, 5.74) is 1.43. The molecule has 0 spiro atoms. The summed E-state index contributed by atoms with van der Waals surface area (Å²) in [6.45, 7) is 6.17. The number of rotatable bonds is 6. The smallest absolute Gasteiger partial charge is 0.251 e. The summed E-state index contributed by atoms with van der Waals surface area (Å²) in [5.74, 6) is -3.90. The second kappa shape index (κ2) is 11.2. The molecule has 2 aliphatic rings. The largest absolute Gasteiger partial charge is 0.391 e. The van der Waals surface area contributed by atoms with Crippen molar-refractivity contribution in [1.29, 1.82) is 5.26 Å². The summed E-state index contributed by atoms with van der Waals surface area (Å²) in [5, 5.41) is 22.7. The number of aliphatic hydroxyl groups is 1. The third-order valence-corrected chi connectivity index (χ3v) is 7.37. The maximum absolute atomic E-state index is 14.1. The molecule has 0 radical (unpaired) electrons. The highest BCUT2D eigenvalue weighted by Crippen LogP contribution is 2.35. The second-order valence-electron chi connectivity index (χ2n) is 11.3. The Hall–Kier alpha value is -3.65. The number of anilines is 1. The first-order valence-corrected chi connectivity index (χ1v) is 13.1. The van der Waals surface area contributed by atoms with Crippen LogP contribution in [0, 0.1) is 11.5 Å². The topological polar surface area (TPSA) is 122 Å². The first kappa shape index (κ1) is 28.4. The Morgan fingerprint density at radius 1 is 1.21 bits per heavy atom. The van der Waals surface area contributed by atoms with Crippen LogP contribution in [0.2, 0.25) is 0 Å². The lowest BCUT2D eigenvalue weighted by Crippen LogP contribution is -2.52. The number of carbonyl (C=O) groups is 2. The highest BCUT2D eigenvalue weighted by molar-refractivity contribution is 6.03. The third-order valence-electron chi connectivity index (χ3n) is 7.37. The number of amides is 2. The van der Waals surface area contributed by atoms with E-state index >= 15 is 0 Å². The van der Waals surface area contributed by atoms with Gasteiger partial charge in [0.05, 0.1) is 24.5 Å². The van der Waals surface area contributed by atoms with E-state index < -0.39 is 42.0 Å². The number of halogens is 2. The molecule has 2 heterocycles. The maximum atomic E-state index is 14.1. The Balaban J connectivity index is 1.76. The molecule has 1 aliphatic heterocycles. The molecule has 1 saturated heterocycles. The van der Waals surface area contributed by atoms with Crippen LogP contribution in [-0.4, -0.2) is 62.4 Å². The first-order chi connectivity index (χ1) is 18.4. The van der Waals surface area contributed by atoms with Gasteiger partial charge in [-0.05, 0) is 36.0 Å². The standard InChI is InChI=1S/C28H34F2N6O3/c1-27(2,3)18-4-6-20(7-5-18)36(26(39)23-14-21(37)16-35(23)17-31)24(22-15-32-12-13-33-22)25(38)34-19-8-10-28(29,30)11-9-19/h4-7,12-13,15,19,21,23-24,37H,8-11,14,16H2,1-3H3,(H,34,38)/t21-,23-,24?/m1/s1. The number of nitrogens with one attached hydrogen (secondary N) is 1. The zero-order chi connectivity index (χ0) is 28.4. The van der Waals surface area contributed by atoms with Gasteiger partial charge in [0.15, 0.2) is 12.2 Å². The van der Waals surface area contributed by atoms with Gasteiger partial charge in [0.1, 0.15) is 6.04 Å². The normalized spacial score (nSPS) is 22.1. The van der Waals surface area contributed by atoms with Gasteiger partial charge in [-0.15, -0.1) is 0 Å². The molecule has 4 rings (SSSR count). The Labute approximate surface area is 226 Å². The minimum atomic E-state index is -2.76. The number of hydrogen-bond acceptors (Lipinski definition) is 7. The van der Waals surface area contributed by atoms with Crippen LogP contribution in [0.25, 0.3) is 0 Å². The molecular weight excluding hydrogens is 506 g/mol. The van der Waals surface area contributed by atoms with E-state index in [4.69, 9.17) is 0 Å². The van der Waals surface area contributed by atoms with Crippen molar-refractivity contribution in [3.8, 4) is 6.19 Å². The number of hydrogen-bond donors (Lipinski definition) is 2. The zero-order valence-electron chi connectivity index (χ0n) is 22.3. The van der Waals surface area contributed by atoms with Gasteiger partial charge >= 0.3 is 0 Å². The number of carbonyl (C=O) groups excluding carboxylic acids is 2. The molecule has 2 aromatic rings. The predicted octanol–water partition coefficient (Wildman–Crippen LogP) is 3.46. The van der Waals surface area contributed by atoms with Crippen LogP contribution in [-0.2, 0) is 15.0 Å². The van der Waals surface area contributed by atoms with E-state index in [9.17, 15) is 28.7 Å². The molecular formula is C28H34F2N6O3. The molecule has 1 aromatic carbocycles. The van der Waals surface area contributed by atoms with Crippen LogP contribution in [0.1, 0.15) is 70.2 Å². The Morgan fingerprint density at radius 3 is 2.44 bits per heavy atom. The van der Waals surface area contributed by atoms with Crippen LogP contribution in [0.5, 0.6) is 0 Å². The predicted molar refractivity (Wildman–Crippen MR) is 139 cm³/mol. The van der Waals surface area contributed by atoms with Crippen LogP contribution in [0.15, 0.2) is 42.9 Å². The maximum Gasteiger partial charge on any atom is 0.251 e. The Bertz CT molecular complexity index is 1200. The SMILES string of the molecule is CC(C)(C)c1ccc(N(C(=O)[C@H]2C[C@@H](O)CN2C#N)C(C(=O)NC2CCC(F)(F)CC2)c2cnccn2)cc1. The van der Waals surface area contributed by atoms with Crippen molar-refractivity contribution in [2.75, 3.05) is 11.4 Å². The van der Waals surface area contributed by atoms with Crippen LogP contribution in [0.3, 0.4) is 0 Å². The average Bonchev–Trinajstić information content (AvgIpc) is 3.29. The second-order valence-corrected chi connectivity index (χ2v) is 11.3. The van der Waals surface area contributed by atoms with Crippen LogP contribution < -0.4 is 10.2 Å². The molecule has 0 bridgehead atoms. The highest BCUT2D eigenvalue weighted by Gasteiger charge is 2.44. The average molecular weight is 541 g/mol. The minimum absolute atomic E-state index is 0.00198. The highest BCUT2D eigenvalue weighted by atomic mass is 19.3. The number of alkyl halides is 2. The number of nitrogens with zero attached hydrogens (tertiary/aromatic N) is 5. The first-order valence-electron chi connectivity index (χ1n) is 13.1. The zero-order valence-corrected chi connectivity index (χ0v) is 22.3. The summed E-state index contributed by atoms with van der Waals surface area (Å²) in [6.07, 6.45) is 4.90. The minimum Gasteiger partial charge on any atom is -0.391 e. The van der Waals surface area contributed by atoms with Crippen LogP contribution in [0.4, 0.5) is 14.5 Å². The number of aliphatic hydroxyl groups excluding tert-OH is 1. The number of likely N-dealkylation sites (tertiary alicyclic amines) is 1. The quantitative estimate of drug-likeness (QED) is 0.538. The van der Waals surface area contributed by atoms with Crippen molar-refractivity contribution in [3.63, 3.8) is 0 Å². The molecule has 1 unspecified atom stereocenters. The molecule has 1 aliphatic carbocycles. The van der Waals surface area contributed by atoms with Gasteiger partial charge in [-0.3, -0.25) is 29.4 Å². The number of nitriles is 1. The van der Waals surface area contributed by atoms with Gasteiger partial charge in [-0.2, -0.15) is 5.26 Å². The molecule has 11 heteroatoms. The number of β-amino-alcohol motifs (C(OH)–C–C–N with tert-alkyl or cyclic N) is 1. The van der Waals surface area contributed by atoms with Crippen molar-refractivity contribution < 1.29 is 23.5 Å². The summed E-state index contributed by atoms with van der Waals surface area (Å²) >= 11 is 0. The van der Waals surface area contributed by atoms with Crippen LogP contribution >= 0.6 is 0 Å². The Morgan fingerprint density at radius 2 is 1.87 bits per heavy atom. The van der Waals surface area contributed by atoms with E-state index in [1.54, 1.807) is 12.1 Å². The van der Waals surface area contributed by atoms with E-state index in [1.807, 2.05) is 18.3 Å². The summed E-state index contributed by atoms with van der Waals surface area (Å²) < 4.78 is 27.5. The molecule has 1 aromatic heterocycles. The molecule has 2 fully saturated rings. The van der Waals surface area contributed by atoms with E-state index in [1.165, 1.54) is 28.4 Å². The molecule has 39 heavy (non-hydrogen) atoms. The lowest BCUT2D eigenvalue weighted by atomic mass is 9.87. The van der Waals surface area contributed by atoms with E-state index in [0.717, 1.165) is 5.56 Å². The van der Waals surface area contributed by atoms with Gasteiger partial charge in [0, 0.05) is 43.4 Å². The van der Waals surface area contributed by atoms with E-state index in [2.05, 4.69) is 36.1 Å². The summed E-state index contributed by atoms with van der Waals surface area (Å²) in [7, 11) is 0.